The van der Waals surface area contributed by atoms with Gasteiger partial charge in [0.1, 0.15) is 0 Å². The molecule has 0 aromatic carbocycles. The van der Waals surface area contributed by atoms with E-state index in [1.165, 1.54) is 84.0 Å². The Kier molecular flexibility index (Phi) is 7.37. The van der Waals surface area contributed by atoms with E-state index in [0.717, 1.165) is 11.8 Å². The maximum absolute atomic E-state index is 3.81. The minimum atomic E-state index is 0.707. The largest absolute Gasteiger partial charge is 0.314 e. The van der Waals surface area contributed by atoms with E-state index in [1.807, 2.05) is 0 Å². The molecule has 1 aliphatic heterocycles. The smallest absolute Gasteiger partial charge is 0.00792 e. The third kappa shape index (κ3) is 5.37. The van der Waals surface area contributed by atoms with Crippen molar-refractivity contribution in [3.63, 3.8) is 0 Å². The zero-order valence-electron chi connectivity index (χ0n) is 13.9. The Morgan fingerprint density at radius 1 is 1.15 bits per heavy atom. The number of hydrogen-bond acceptors (Lipinski definition) is 2. The molecule has 1 heterocycles. The van der Waals surface area contributed by atoms with Crippen molar-refractivity contribution in [2.75, 3.05) is 26.2 Å². The Labute approximate surface area is 126 Å². The molecule has 0 spiro atoms. The third-order valence-electron chi connectivity index (χ3n) is 5.52. The van der Waals surface area contributed by atoms with Gasteiger partial charge in [0.25, 0.3) is 0 Å². The summed E-state index contributed by atoms with van der Waals surface area (Å²) in [5.74, 6) is 1.93. The quantitative estimate of drug-likeness (QED) is 0.675. The summed E-state index contributed by atoms with van der Waals surface area (Å²) in [5, 5.41) is 3.81. The lowest BCUT2D eigenvalue weighted by Gasteiger charge is -2.36. The molecule has 2 aliphatic rings. The Balaban J connectivity index is 1.57. The number of piperidine rings is 1. The summed E-state index contributed by atoms with van der Waals surface area (Å²) in [5.41, 5.74) is 0. The summed E-state index contributed by atoms with van der Waals surface area (Å²) >= 11 is 0. The molecule has 0 aromatic rings. The van der Waals surface area contributed by atoms with E-state index >= 15 is 0 Å². The second-order valence-corrected chi connectivity index (χ2v) is 7.24. The highest BCUT2D eigenvalue weighted by Crippen LogP contribution is 2.28. The number of nitrogens with zero attached hydrogens (tertiary/aromatic N) is 1. The van der Waals surface area contributed by atoms with Crippen molar-refractivity contribution < 1.29 is 0 Å². The molecule has 0 radical (unpaired) electrons. The monoisotopic (exact) mass is 280 g/mol. The summed E-state index contributed by atoms with van der Waals surface area (Å²) in [6.45, 7) is 9.90. The van der Waals surface area contributed by atoms with Gasteiger partial charge in [0.15, 0.2) is 0 Å². The average Bonchev–Trinajstić information content (AvgIpc) is 2.97. The lowest BCUT2D eigenvalue weighted by Crippen LogP contribution is -2.44. The number of likely N-dealkylation sites (tertiary alicyclic amines) is 1. The van der Waals surface area contributed by atoms with Crippen LogP contribution in [0.15, 0.2) is 0 Å². The van der Waals surface area contributed by atoms with E-state index in [-0.39, 0.29) is 0 Å². The first kappa shape index (κ1) is 16.3. The lowest BCUT2D eigenvalue weighted by atomic mass is 9.91. The minimum Gasteiger partial charge on any atom is -0.314 e. The molecular formula is C18H36N2. The maximum Gasteiger partial charge on any atom is 0.00792 e. The molecule has 2 heteroatoms. The van der Waals surface area contributed by atoms with Gasteiger partial charge in [-0.3, -0.25) is 0 Å². The van der Waals surface area contributed by atoms with Gasteiger partial charge < -0.3 is 10.2 Å². The second kappa shape index (κ2) is 9.04. The van der Waals surface area contributed by atoms with E-state index in [2.05, 4.69) is 24.1 Å². The molecule has 2 atom stereocenters. The summed E-state index contributed by atoms with van der Waals surface area (Å²) < 4.78 is 0. The highest BCUT2D eigenvalue weighted by atomic mass is 15.1. The molecule has 2 nitrogen and oxygen atoms in total. The van der Waals surface area contributed by atoms with Gasteiger partial charge in [0, 0.05) is 12.6 Å². The average molecular weight is 280 g/mol. The molecule has 0 bridgehead atoms. The molecule has 118 valence electrons. The van der Waals surface area contributed by atoms with Crippen LogP contribution in [-0.4, -0.2) is 37.1 Å². The fraction of sp³-hybridized carbons (Fsp3) is 1.00. The molecule has 2 fully saturated rings. The van der Waals surface area contributed by atoms with Crippen molar-refractivity contribution >= 4 is 0 Å². The van der Waals surface area contributed by atoms with Crippen LogP contribution in [0.1, 0.15) is 71.6 Å². The summed E-state index contributed by atoms with van der Waals surface area (Å²) in [6, 6.07) is 0.707. The van der Waals surface area contributed by atoms with Crippen LogP contribution in [0.4, 0.5) is 0 Å². The van der Waals surface area contributed by atoms with Crippen molar-refractivity contribution in [3.05, 3.63) is 0 Å². The van der Waals surface area contributed by atoms with E-state index in [0.29, 0.717) is 6.04 Å². The summed E-state index contributed by atoms with van der Waals surface area (Å²) in [7, 11) is 0. The van der Waals surface area contributed by atoms with Crippen molar-refractivity contribution in [1.82, 2.24) is 10.2 Å². The fourth-order valence-electron chi connectivity index (χ4n) is 4.20. The van der Waals surface area contributed by atoms with Crippen molar-refractivity contribution in [1.29, 1.82) is 0 Å². The SMILES string of the molecule is CCCN1CCCC(C(C)NCCCC2CCCC2)C1. The van der Waals surface area contributed by atoms with Crippen LogP contribution in [0.3, 0.4) is 0 Å². The molecule has 1 aliphatic carbocycles. The number of rotatable bonds is 8. The molecule has 20 heavy (non-hydrogen) atoms. The van der Waals surface area contributed by atoms with Crippen LogP contribution in [0.25, 0.3) is 0 Å². The van der Waals surface area contributed by atoms with Gasteiger partial charge in [-0.25, -0.2) is 0 Å². The van der Waals surface area contributed by atoms with Gasteiger partial charge in [-0.05, 0) is 70.5 Å². The Morgan fingerprint density at radius 2 is 1.95 bits per heavy atom. The standard InChI is InChI=1S/C18H36N2/c1-3-13-20-14-7-11-18(15-20)16(2)19-12-6-10-17-8-4-5-9-17/h16-19H,3-15H2,1-2H3. The second-order valence-electron chi connectivity index (χ2n) is 7.24. The highest BCUT2D eigenvalue weighted by molar-refractivity contribution is 4.80. The van der Waals surface area contributed by atoms with Crippen LogP contribution >= 0.6 is 0 Å². The molecule has 0 aromatic heterocycles. The first-order valence-electron chi connectivity index (χ1n) is 9.25. The molecule has 2 rings (SSSR count). The molecule has 1 saturated carbocycles. The van der Waals surface area contributed by atoms with Crippen molar-refractivity contribution in [2.45, 2.75) is 77.7 Å². The molecule has 0 amide bonds. The zero-order valence-corrected chi connectivity index (χ0v) is 13.9. The van der Waals surface area contributed by atoms with E-state index in [1.54, 1.807) is 0 Å². The Hall–Kier alpha value is -0.0800. The first-order valence-corrected chi connectivity index (χ1v) is 9.25. The van der Waals surface area contributed by atoms with E-state index in [4.69, 9.17) is 0 Å². The van der Waals surface area contributed by atoms with E-state index < -0.39 is 0 Å². The fourth-order valence-corrected chi connectivity index (χ4v) is 4.20. The maximum atomic E-state index is 3.81. The molecule has 2 unspecified atom stereocenters. The van der Waals surface area contributed by atoms with Crippen LogP contribution in [-0.2, 0) is 0 Å². The van der Waals surface area contributed by atoms with Gasteiger partial charge >= 0.3 is 0 Å². The van der Waals surface area contributed by atoms with Crippen LogP contribution in [0.5, 0.6) is 0 Å². The van der Waals surface area contributed by atoms with Gasteiger partial charge in [-0.1, -0.05) is 32.6 Å². The first-order chi connectivity index (χ1) is 9.79. The lowest BCUT2D eigenvalue weighted by molar-refractivity contribution is 0.151. The Morgan fingerprint density at radius 3 is 2.70 bits per heavy atom. The summed E-state index contributed by atoms with van der Waals surface area (Å²) in [6.07, 6.45) is 13.0. The minimum absolute atomic E-state index is 0.707. The molecular weight excluding hydrogens is 244 g/mol. The van der Waals surface area contributed by atoms with Crippen LogP contribution < -0.4 is 5.32 Å². The normalized spacial score (nSPS) is 27.0. The van der Waals surface area contributed by atoms with Gasteiger partial charge in [0.2, 0.25) is 0 Å². The highest BCUT2D eigenvalue weighted by Gasteiger charge is 2.23. The Bertz CT molecular complexity index is 246. The number of nitrogens with one attached hydrogen (secondary N) is 1. The topological polar surface area (TPSA) is 15.3 Å². The van der Waals surface area contributed by atoms with Gasteiger partial charge in [-0.2, -0.15) is 0 Å². The van der Waals surface area contributed by atoms with Gasteiger partial charge in [0.05, 0.1) is 0 Å². The summed E-state index contributed by atoms with van der Waals surface area (Å²) in [4.78, 5) is 2.67. The van der Waals surface area contributed by atoms with Crippen molar-refractivity contribution in [3.8, 4) is 0 Å². The van der Waals surface area contributed by atoms with E-state index in [9.17, 15) is 0 Å². The number of hydrogen-bond donors (Lipinski definition) is 1. The van der Waals surface area contributed by atoms with Crippen LogP contribution in [0.2, 0.25) is 0 Å². The predicted molar refractivity (Wildman–Crippen MR) is 88.1 cm³/mol. The third-order valence-corrected chi connectivity index (χ3v) is 5.52. The van der Waals surface area contributed by atoms with Crippen molar-refractivity contribution in [2.24, 2.45) is 11.8 Å². The van der Waals surface area contributed by atoms with Crippen LogP contribution in [0, 0.1) is 11.8 Å². The van der Waals surface area contributed by atoms with Gasteiger partial charge in [-0.15, -0.1) is 0 Å². The predicted octanol–water partition coefficient (Wildman–Crippen LogP) is 4.06. The molecule has 1 saturated heterocycles. The molecule has 1 N–H and O–H groups in total. The zero-order chi connectivity index (χ0) is 14.2.